The molecule has 0 spiro atoms. The highest BCUT2D eigenvalue weighted by Crippen LogP contribution is 2.29. The minimum atomic E-state index is -1.28. The second-order valence-electron chi connectivity index (χ2n) is 4.06. The Morgan fingerprint density at radius 1 is 0.905 bits per heavy atom. The normalized spacial score (nSPS) is 9.86. The zero-order valence-electron chi connectivity index (χ0n) is 10.6. The average molecular weight is 299 g/mol. The Balaban J connectivity index is 2.32. The Morgan fingerprint density at radius 2 is 1.48 bits per heavy atom. The van der Waals surface area contributed by atoms with Gasteiger partial charge in [0.05, 0.1) is 22.8 Å². The minimum absolute atomic E-state index is 0.244. The van der Waals surface area contributed by atoms with E-state index in [-0.39, 0.29) is 11.1 Å². The van der Waals surface area contributed by atoms with Crippen LogP contribution in [0.3, 0.4) is 0 Å². The molecule has 0 heterocycles. The van der Waals surface area contributed by atoms with Gasteiger partial charge in [0.1, 0.15) is 0 Å². The van der Waals surface area contributed by atoms with Gasteiger partial charge in [0.2, 0.25) is 0 Å². The number of hydrogen-bond acceptors (Lipinski definition) is 4. The van der Waals surface area contributed by atoms with Gasteiger partial charge in [-0.15, -0.1) is 0 Å². The highest BCUT2D eigenvalue weighted by molar-refractivity contribution is 7.99. The first kappa shape index (κ1) is 14.6. The van der Waals surface area contributed by atoms with E-state index in [1.165, 1.54) is 23.9 Å². The molecule has 5 nitrogen and oxygen atoms in total. The second-order valence-corrected chi connectivity index (χ2v) is 5.20. The summed E-state index contributed by atoms with van der Waals surface area (Å²) in [6.07, 6.45) is 0. The molecule has 0 saturated heterocycles. The van der Waals surface area contributed by atoms with Crippen molar-refractivity contribution in [3.63, 3.8) is 0 Å². The summed E-state index contributed by atoms with van der Waals surface area (Å²) in [4.78, 5) is 23.5. The Morgan fingerprint density at radius 3 is 2.00 bits per heavy atom. The van der Waals surface area contributed by atoms with Gasteiger partial charge in [0.25, 0.3) is 0 Å². The molecular formula is C15H9NO4S. The topological polar surface area (TPSA) is 98.4 Å². The molecule has 0 fully saturated rings. The lowest BCUT2D eigenvalue weighted by Gasteiger charge is -2.06. The van der Waals surface area contributed by atoms with Crippen LogP contribution in [0.5, 0.6) is 0 Å². The van der Waals surface area contributed by atoms with Crippen LogP contribution in [-0.2, 0) is 0 Å². The average Bonchev–Trinajstić information content (AvgIpc) is 2.47. The molecule has 2 rings (SSSR count). The van der Waals surface area contributed by atoms with E-state index in [1.807, 2.05) is 6.07 Å². The van der Waals surface area contributed by atoms with Crippen molar-refractivity contribution < 1.29 is 19.8 Å². The molecule has 0 bridgehead atoms. The number of carboxylic acids is 2. The van der Waals surface area contributed by atoms with Gasteiger partial charge >= 0.3 is 11.9 Å². The summed E-state index contributed by atoms with van der Waals surface area (Å²) in [5.74, 6) is -2.56. The smallest absolute Gasteiger partial charge is 0.336 e. The molecule has 0 saturated carbocycles. The van der Waals surface area contributed by atoms with Gasteiger partial charge in [-0.2, -0.15) is 5.26 Å². The molecule has 0 atom stereocenters. The molecule has 104 valence electrons. The van der Waals surface area contributed by atoms with E-state index in [0.29, 0.717) is 10.5 Å². The van der Waals surface area contributed by atoms with Crippen molar-refractivity contribution in [3.8, 4) is 6.07 Å². The molecule has 6 heteroatoms. The summed E-state index contributed by atoms with van der Waals surface area (Å²) in [6.45, 7) is 0. The third-order valence-corrected chi connectivity index (χ3v) is 3.67. The van der Waals surface area contributed by atoms with Crippen molar-refractivity contribution in [1.82, 2.24) is 0 Å². The number of hydrogen-bond donors (Lipinski definition) is 2. The molecular weight excluding hydrogens is 290 g/mol. The standard InChI is InChI=1S/C15H9NO4S/c16-8-9-1-3-10(4-2-9)21-11-5-6-12(14(17)18)13(7-11)15(19)20/h1-7H,(H,17,18)(H,19,20). The Bertz CT molecular complexity index is 747. The van der Waals surface area contributed by atoms with E-state index in [1.54, 1.807) is 30.3 Å². The first-order valence-electron chi connectivity index (χ1n) is 5.80. The van der Waals surface area contributed by atoms with Crippen molar-refractivity contribution >= 4 is 23.7 Å². The summed E-state index contributed by atoms with van der Waals surface area (Å²) < 4.78 is 0. The predicted molar refractivity (Wildman–Crippen MR) is 75.6 cm³/mol. The van der Waals surface area contributed by atoms with Gasteiger partial charge in [-0.25, -0.2) is 9.59 Å². The molecule has 0 radical (unpaired) electrons. The van der Waals surface area contributed by atoms with E-state index in [9.17, 15) is 9.59 Å². The van der Waals surface area contributed by atoms with Crippen LogP contribution in [-0.4, -0.2) is 22.2 Å². The van der Waals surface area contributed by atoms with Crippen LogP contribution >= 0.6 is 11.8 Å². The van der Waals surface area contributed by atoms with Crippen LogP contribution < -0.4 is 0 Å². The largest absolute Gasteiger partial charge is 0.478 e. The predicted octanol–water partition coefficient (Wildman–Crippen LogP) is 3.11. The maximum Gasteiger partial charge on any atom is 0.336 e. The first-order chi connectivity index (χ1) is 10.0. The summed E-state index contributed by atoms with van der Waals surface area (Å²) in [5, 5.41) is 26.7. The van der Waals surface area contributed by atoms with Gasteiger partial charge in [-0.3, -0.25) is 0 Å². The van der Waals surface area contributed by atoms with Crippen LogP contribution in [0.15, 0.2) is 52.3 Å². The second kappa shape index (κ2) is 6.11. The third kappa shape index (κ3) is 3.41. The maximum atomic E-state index is 11.1. The minimum Gasteiger partial charge on any atom is -0.478 e. The fraction of sp³-hybridized carbons (Fsp3) is 0. The zero-order chi connectivity index (χ0) is 15.4. The number of benzene rings is 2. The molecule has 2 aromatic rings. The Labute approximate surface area is 124 Å². The molecule has 21 heavy (non-hydrogen) atoms. The lowest BCUT2D eigenvalue weighted by atomic mass is 10.1. The molecule has 0 aliphatic carbocycles. The zero-order valence-corrected chi connectivity index (χ0v) is 11.4. The number of aromatic carboxylic acids is 2. The van der Waals surface area contributed by atoms with Crippen LogP contribution in [0.1, 0.15) is 26.3 Å². The number of nitriles is 1. The Kier molecular flexibility index (Phi) is 4.26. The highest BCUT2D eigenvalue weighted by Gasteiger charge is 2.16. The summed E-state index contributed by atoms with van der Waals surface area (Å²) in [5.41, 5.74) is 0.0413. The van der Waals surface area contributed by atoms with Crippen molar-refractivity contribution in [2.75, 3.05) is 0 Å². The maximum absolute atomic E-state index is 11.1. The van der Waals surface area contributed by atoms with Crippen molar-refractivity contribution in [1.29, 1.82) is 5.26 Å². The van der Waals surface area contributed by atoms with Crippen LogP contribution in [0, 0.1) is 11.3 Å². The fourth-order valence-corrected chi connectivity index (χ4v) is 2.54. The van der Waals surface area contributed by atoms with E-state index in [2.05, 4.69) is 0 Å². The molecule has 0 amide bonds. The summed E-state index contributed by atoms with van der Waals surface area (Å²) in [7, 11) is 0. The molecule has 0 unspecified atom stereocenters. The van der Waals surface area contributed by atoms with Gasteiger partial charge in [-0.05, 0) is 42.5 Å². The van der Waals surface area contributed by atoms with E-state index < -0.39 is 11.9 Å². The number of carbonyl (C=O) groups is 2. The van der Waals surface area contributed by atoms with Gasteiger partial charge < -0.3 is 10.2 Å². The number of nitrogens with zero attached hydrogens (tertiary/aromatic N) is 1. The quantitative estimate of drug-likeness (QED) is 0.900. The van der Waals surface area contributed by atoms with Gasteiger partial charge in [-0.1, -0.05) is 11.8 Å². The van der Waals surface area contributed by atoms with Crippen molar-refractivity contribution in [3.05, 3.63) is 59.2 Å². The van der Waals surface area contributed by atoms with Crippen LogP contribution in [0.4, 0.5) is 0 Å². The van der Waals surface area contributed by atoms with Gasteiger partial charge in [0.15, 0.2) is 0 Å². The molecule has 2 aromatic carbocycles. The highest BCUT2D eigenvalue weighted by atomic mass is 32.2. The summed E-state index contributed by atoms with van der Waals surface area (Å²) >= 11 is 1.29. The van der Waals surface area contributed by atoms with E-state index in [4.69, 9.17) is 15.5 Å². The lowest BCUT2D eigenvalue weighted by molar-refractivity contribution is 0.0651. The van der Waals surface area contributed by atoms with Crippen LogP contribution in [0.2, 0.25) is 0 Å². The summed E-state index contributed by atoms with van der Waals surface area (Å²) in [6, 6.07) is 13.0. The Hall–Kier alpha value is -2.78. The SMILES string of the molecule is N#Cc1ccc(Sc2ccc(C(=O)O)c(C(=O)O)c2)cc1. The van der Waals surface area contributed by atoms with Gasteiger partial charge in [0, 0.05) is 9.79 Å². The monoisotopic (exact) mass is 299 g/mol. The number of carboxylic acid groups (broad SMARTS) is 2. The van der Waals surface area contributed by atoms with Crippen LogP contribution in [0.25, 0.3) is 0 Å². The van der Waals surface area contributed by atoms with Crippen molar-refractivity contribution in [2.24, 2.45) is 0 Å². The molecule has 0 aromatic heterocycles. The van der Waals surface area contributed by atoms with E-state index in [0.717, 1.165) is 4.90 Å². The molecule has 0 aliphatic rings. The third-order valence-electron chi connectivity index (χ3n) is 2.67. The number of rotatable bonds is 4. The fourth-order valence-electron chi connectivity index (χ4n) is 1.68. The molecule has 2 N–H and O–H groups in total. The van der Waals surface area contributed by atoms with Crippen molar-refractivity contribution in [2.45, 2.75) is 9.79 Å². The molecule has 0 aliphatic heterocycles. The first-order valence-corrected chi connectivity index (χ1v) is 6.61. The lowest BCUT2D eigenvalue weighted by Crippen LogP contribution is -2.07. The van der Waals surface area contributed by atoms with E-state index >= 15 is 0 Å².